The molecule has 0 amide bonds. The van der Waals surface area contributed by atoms with Crippen LogP contribution in [-0.2, 0) is 4.74 Å². The van der Waals surface area contributed by atoms with Crippen LogP contribution < -0.4 is 10.1 Å². The predicted octanol–water partition coefficient (Wildman–Crippen LogP) is 5.38. The Bertz CT molecular complexity index is 937. The van der Waals surface area contributed by atoms with Crippen molar-refractivity contribution in [1.29, 1.82) is 0 Å². The number of ether oxygens (including phenoxy) is 2. The molecular formula is C22H22BrNO3. The van der Waals surface area contributed by atoms with Crippen LogP contribution in [0.25, 0.3) is 0 Å². The van der Waals surface area contributed by atoms with Gasteiger partial charge in [0, 0.05) is 21.6 Å². The average Bonchev–Trinajstić information content (AvgIpc) is 3.17. The molecule has 140 valence electrons. The highest BCUT2D eigenvalue weighted by molar-refractivity contribution is 9.10. The van der Waals surface area contributed by atoms with Crippen LogP contribution in [0.2, 0.25) is 0 Å². The minimum Gasteiger partial charge on any atom is -0.496 e. The number of hydrogen-bond donors (Lipinski definition) is 1. The first kappa shape index (κ1) is 18.1. The molecule has 0 aromatic heterocycles. The van der Waals surface area contributed by atoms with Gasteiger partial charge in [-0.1, -0.05) is 34.1 Å². The summed E-state index contributed by atoms with van der Waals surface area (Å²) in [5.74, 6) is 1.29. The number of carbonyl (C=O) groups is 1. The molecular weight excluding hydrogens is 406 g/mol. The largest absolute Gasteiger partial charge is 0.496 e. The van der Waals surface area contributed by atoms with E-state index in [4.69, 9.17) is 9.47 Å². The fraction of sp³-hybridized carbons (Fsp3) is 0.318. The Kier molecular flexibility index (Phi) is 4.72. The lowest BCUT2D eigenvalue weighted by Crippen LogP contribution is -2.30. The van der Waals surface area contributed by atoms with E-state index in [0.717, 1.165) is 33.5 Å². The molecule has 0 saturated carbocycles. The molecule has 2 aliphatic rings. The van der Waals surface area contributed by atoms with Crippen LogP contribution in [0.3, 0.4) is 0 Å². The third-order valence-electron chi connectivity index (χ3n) is 5.73. The molecule has 1 heterocycles. The van der Waals surface area contributed by atoms with Gasteiger partial charge >= 0.3 is 5.97 Å². The lowest BCUT2D eigenvalue weighted by Gasteiger charge is -2.39. The summed E-state index contributed by atoms with van der Waals surface area (Å²) in [6.07, 6.45) is 5.56. The molecule has 0 spiro atoms. The summed E-state index contributed by atoms with van der Waals surface area (Å²) >= 11 is 3.59. The number of allylic oxidation sites excluding steroid dienone is 2. The summed E-state index contributed by atoms with van der Waals surface area (Å²) in [4.78, 5) is 12.2. The third-order valence-corrected chi connectivity index (χ3v) is 6.22. The first-order valence-electron chi connectivity index (χ1n) is 9.03. The maximum absolute atomic E-state index is 12.2. The van der Waals surface area contributed by atoms with Crippen molar-refractivity contribution in [2.75, 3.05) is 19.5 Å². The molecule has 2 aromatic carbocycles. The molecule has 3 atom stereocenters. The molecule has 0 radical (unpaired) electrons. The van der Waals surface area contributed by atoms with Gasteiger partial charge in [-0.2, -0.15) is 0 Å². The number of anilines is 1. The Morgan fingerprint density at radius 2 is 2.00 bits per heavy atom. The van der Waals surface area contributed by atoms with E-state index in [1.807, 2.05) is 25.1 Å². The average molecular weight is 428 g/mol. The van der Waals surface area contributed by atoms with Crippen molar-refractivity contribution in [3.05, 3.63) is 69.2 Å². The normalized spacial score (nSPS) is 22.6. The van der Waals surface area contributed by atoms with E-state index in [0.29, 0.717) is 17.4 Å². The van der Waals surface area contributed by atoms with Gasteiger partial charge in [-0.3, -0.25) is 0 Å². The van der Waals surface area contributed by atoms with Crippen molar-refractivity contribution < 1.29 is 14.3 Å². The Morgan fingerprint density at radius 3 is 2.74 bits per heavy atom. The molecule has 27 heavy (non-hydrogen) atoms. The summed E-state index contributed by atoms with van der Waals surface area (Å²) in [5, 5.41) is 3.73. The monoisotopic (exact) mass is 427 g/mol. The second-order valence-corrected chi connectivity index (χ2v) is 7.97. The van der Waals surface area contributed by atoms with Gasteiger partial charge < -0.3 is 14.8 Å². The Labute approximate surface area is 167 Å². The molecule has 4 nitrogen and oxygen atoms in total. The van der Waals surface area contributed by atoms with E-state index in [1.54, 1.807) is 7.11 Å². The van der Waals surface area contributed by atoms with Crippen LogP contribution in [0.5, 0.6) is 5.75 Å². The molecule has 1 aliphatic heterocycles. The highest BCUT2D eigenvalue weighted by Crippen LogP contribution is 2.52. The summed E-state index contributed by atoms with van der Waals surface area (Å²) < 4.78 is 11.6. The molecule has 0 saturated heterocycles. The summed E-state index contributed by atoms with van der Waals surface area (Å²) in [7, 11) is 3.12. The lowest BCUT2D eigenvalue weighted by atomic mass is 9.75. The smallest absolute Gasteiger partial charge is 0.338 e. The fourth-order valence-corrected chi connectivity index (χ4v) is 4.78. The molecule has 1 N–H and O–H groups in total. The van der Waals surface area contributed by atoms with Crippen molar-refractivity contribution >= 4 is 27.6 Å². The van der Waals surface area contributed by atoms with Gasteiger partial charge in [0.15, 0.2) is 0 Å². The maximum Gasteiger partial charge on any atom is 0.338 e. The van der Waals surface area contributed by atoms with Gasteiger partial charge in [0.1, 0.15) is 5.75 Å². The molecule has 2 aromatic rings. The Hall–Kier alpha value is -2.27. The number of esters is 1. The van der Waals surface area contributed by atoms with Crippen LogP contribution in [0, 0.1) is 12.8 Å². The molecule has 4 rings (SSSR count). The van der Waals surface area contributed by atoms with E-state index >= 15 is 0 Å². The number of rotatable bonds is 3. The van der Waals surface area contributed by atoms with Crippen LogP contribution in [0.4, 0.5) is 5.69 Å². The second-order valence-electron chi connectivity index (χ2n) is 7.06. The topological polar surface area (TPSA) is 47.6 Å². The zero-order chi connectivity index (χ0) is 19.1. The first-order valence-corrected chi connectivity index (χ1v) is 9.83. The Balaban J connectivity index is 1.85. The van der Waals surface area contributed by atoms with Gasteiger partial charge in [-0.25, -0.2) is 4.79 Å². The van der Waals surface area contributed by atoms with Crippen LogP contribution in [-0.4, -0.2) is 20.2 Å². The molecule has 5 heteroatoms. The lowest BCUT2D eigenvalue weighted by molar-refractivity contribution is 0.0600. The number of hydrogen-bond acceptors (Lipinski definition) is 4. The van der Waals surface area contributed by atoms with Crippen molar-refractivity contribution in [3.63, 3.8) is 0 Å². The van der Waals surface area contributed by atoms with E-state index in [9.17, 15) is 4.79 Å². The number of halogens is 1. The number of carbonyl (C=O) groups excluding carboxylic acids is 1. The first-order chi connectivity index (χ1) is 13.0. The maximum atomic E-state index is 12.2. The zero-order valence-corrected chi connectivity index (χ0v) is 17.2. The van der Waals surface area contributed by atoms with E-state index in [-0.39, 0.29) is 12.0 Å². The minimum absolute atomic E-state index is 0.0940. The highest BCUT2D eigenvalue weighted by Gasteiger charge is 2.40. The van der Waals surface area contributed by atoms with Crippen molar-refractivity contribution in [2.45, 2.75) is 25.3 Å². The molecule has 0 bridgehead atoms. The Morgan fingerprint density at radius 1 is 1.19 bits per heavy atom. The fourth-order valence-electron chi connectivity index (χ4n) is 4.40. The van der Waals surface area contributed by atoms with E-state index < -0.39 is 0 Å². The van der Waals surface area contributed by atoms with Gasteiger partial charge in [0.25, 0.3) is 0 Å². The quantitative estimate of drug-likeness (QED) is 0.527. The van der Waals surface area contributed by atoms with Crippen molar-refractivity contribution in [3.8, 4) is 5.75 Å². The standard InChI is InChI=1S/C22H22BrNO3/c1-12-14(22(25)27-3)8-9-17-15-5-4-6-16(15)21(24-20(12)17)18-11-13(23)7-10-19(18)26-2/h4-5,7-11,15-16,21,24H,6H2,1-3H3/t15-,16-,21-/m0/s1. The minimum atomic E-state index is -0.308. The molecule has 1 aliphatic carbocycles. The van der Waals surface area contributed by atoms with Gasteiger partial charge in [-0.05, 0) is 54.7 Å². The van der Waals surface area contributed by atoms with E-state index in [2.05, 4.69) is 45.5 Å². The van der Waals surface area contributed by atoms with Crippen molar-refractivity contribution in [1.82, 2.24) is 0 Å². The summed E-state index contributed by atoms with van der Waals surface area (Å²) in [6, 6.07) is 10.1. The number of nitrogens with one attached hydrogen (secondary N) is 1. The highest BCUT2D eigenvalue weighted by atomic mass is 79.9. The van der Waals surface area contributed by atoms with Crippen LogP contribution in [0.15, 0.2) is 47.0 Å². The van der Waals surface area contributed by atoms with Crippen LogP contribution >= 0.6 is 15.9 Å². The summed E-state index contributed by atoms with van der Waals surface area (Å²) in [6.45, 7) is 1.98. The van der Waals surface area contributed by atoms with Crippen LogP contribution in [0.1, 0.15) is 45.4 Å². The van der Waals surface area contributed by atoms with Crippen molar-refractivity contribution in [2.24, 2.45) is 5.92 Å². The summed E-state index contributed by atoms with van der Waals surface area (Å²) in [5.41, 5.74) is 4.92. The second kappa shape index (κ2) is 7.04. The number of methoxy groups -OCH3 is 2. The zero-order valence-electron chi connectivity index (χ0n) is 15.6. The third kappa shape index (κ3) is 2.94. The molecule has 0 unspecified atom stereocenters. The molecule has 0 fully saturated rings. The van der Waals surface area contributed by atoms with E-state index in [1.165, 1.54) is 12.7 Å². The SMILES string of the molecule is COC(=O)c1ccc2c(c1C)N[C@H](c1cc(Br)ccc1OC)[C@H]1CC=C[C@H]21. The number of benzene rings is 2. The predicted molar refractivity (Wildman–Crippen MR) is 110 cm³/mol. The van der Waals surface area contributed by atoms with Gasteiger partial charge in [0.2, 0.25) is 0 Å². The van der Waals surface area contributed by atoms with Gasteiger partial charge in [-0.15, -0.1) is 0 Å². The number of fused-ring (bicyclic) bond motifs is 3. The van der Waals surface area contributed by atoms with Gasteiger partial charge in [0.05, 0.1) is 25.8 Å².